The van der Waals surface area contributed by atoms with E-state index in [1.54, 1.807) is 0 Å². The van der Waals surface area contributed by atoms with E-state index < -0.39 is 0 Å². The van der Waals surface area contributed by atoms with Crippen molar-refractivity contribution in [2.75, 3.05) is 0 Å². The highest BCUT2D eigenvalue weighted by atomic mass is 16.4. The second-order valence-electron chi connectivity index (χ2n) is 3.07. The average Bonchev–Trinajstić information content (AvgIpc) is 2.06. The molecule has 0 unspecified atom stereocenters. The van der Waals surface area contributed by atoms with Gasteiger partial charge in [0.2, 0.25) is 0 Å². The van der Waals surface area contributed by atoms with Gasteiger partial charge in [0.1, 0.15) is 0 Å². The van der Waals surface area contributed by atoms with Gasteiger partial charge in [-0.3, -0.25) is 0 Å². The van der Waals surface area contributed by atoms with Gasteiger partial charge < -0.3 is 5.21 Å². The number of hydrogen-bond donors (Lipinski definition) is 1. The lowest BCUT2D eigenvalue weighted by atomic mass is 10.0. The van der Waals surface area contributed by atoms with Gasteiger partial charge >= 0.3 is 0 Å². The van der Waals surface area contributed by atoms with Crippen LogP contribution in [-0.4, -0.2) is 11.4 Å². The van der Waals surface area contributed by atoms with Gasteiger partial charge in [-0.2, -0.15) is 0 Å². The Kier molecular flexibility index (Phi) is 2.86. The zero-order valence-corrected chi connectivity index (χ0v) is 7.36. The molecule has 0 saturated carbocycles. The molecule has 0 aliphatic heterocycles. The number of benzene rings is 1. The lowest BCUT2D eigenvalue weighted by molar-refractivity contribution is 0.322. The molecule has 2 nitrogen and oxygen atoms in total. The summed E-state index contributed by atoms with van der Waals surface area (Å²) in [6, 6.07) is 7.97. The van der Waals surface area contributed by atoms with Crippen LogP contribution in [0.1, 0.15) is 30.9 Å². The van der Waals surface area contributed by atoms with E-state index >= 15 is 0 Å². The highest BCUT2D eigenvalue weighted by Gasteiger charge is 1.96. The molecule has 1 aromatic rings. The molecule has 12 heavy (non-hydrogen) atoms. The van der Waals surface area contributed by atoms with Crippen molar-refractivity contribution in [2.24, 2.45) is 5.16 Å². The minimum Gasteiger partial charge on any atom is -0.411 e. The maximum Gasteiger partial charge on any atom is 0.0733 e. The van der Waals surface area contributed by atoms with Crippen LogP contribution >= 0.6 is 0 Å². The first-order valence-electron chi connectivity index (χ1n) is 4.01. The van der Waals surface area contributed by atoms with Crippen LogP contribution in [-0.2, 0) is 0 Å². The molecule has 64 valence electrons. The molecule has 0 heterocycles. The van der Waals surface area contributed by atoms with Gasteiger partial charge in [0.25, 0.3) is 0 Å². The first-order valence-corrected chi connectivity index (χ1v) is 4.01. The Morgan fingerprint density at radius 2 is 1.83 bits per heavy atom. The number of nitrogens with zero attached hydrogens (tertiary/aromatic N) is 1. The molecule has 0 saturated heterocycles. The molecule has 1 aromatic carbocycles. The Morgan fingerprint density at radius 1 is 1.25 bits per heavy atom. The molecule has 1 N–H and O–H groups in total. The molecule has 0 radical (unpaired) electrons. The third-order valence-corrected chi connectivity index (χ3v) is 1.81. The van der Waals surface area contributed by atoms with Crippen molar-refractivity contribution < 1.29 is 5.21 Å². The van der Waals surface area contributed by atoms with Crippen molar-refractivity contribution in [2.45, 2.75) is 19.8 Å². The Hall–Kier alpha value is -1.31. The Bertz CT molecular complexity index is 262. The van der Waals surface area contributed by atoms with Crippen molar-refractivity contribution in [1.82, 2.24) is 0 Å². The highest BCUT2D eigenvalue weighted by molar-refractivity contribution is 5.78. The summed E-state index contributed by atoms with van der Waals surface area (Å²) in [6.45, 7) is 4.30. The standard InChI is InChI=1S/C10H13NO/c1-8(2)10-5-3-9(4-6-10)7-11-12/h3-8,12H,1-2H3. The largest absolute Gasteiger partial charge is 0.411 e. The smallest absolute Gasteiger partial charge is 0.0733 e. The Balaban J connectivity index is 2.85. The van der Waals surface area contributed by atoms with E-state index in [2.05, 4.69) is 19.0 Å². The molecule has 0 aliphatic carbocycles. The lowest BCUT2D eigenvalue weighted by Crippen LogP contribution is -1.87. The van der Waals surface area contributed by atoms with Crippen LogP contribution in [0.4, 0.5) is 0 Å². The maximum absolute atomic E-state index is 8.27. The van der Waals surface area contributed by atoms with Gasteiger partial charge in [-0.05, 0) is 17.0 Å². The SMILES string of the molecule is CC(C)c1ccc(C=NO)cc1. The van der Waals surface area contributed by atoms with Crippen molar-refractivity contribution in [3.05, 3.63) is 35.4 Å². The molecular weight excluding hydrogens is 150 g/mol. The summed E-state index contributed by atoms with van der Waals surface area (Å²) >= 11 is 0. The van der Waals surface area contributed by atoms with Gasteiger partial charge in [-0.1, -0.05) is 43.3 Å². The fourth-order valence-electron chi connectivity index (χ4n) is 1.03. The summed E-state index contributed by atoms with van der Waals surface area (Å²) < 4.78 is 0. The van der Waals surface area contributed by atoms with Crippen LogP contribution in [0.15, 0.2) is 29.4 Å². The van der Waals surface area contributed by atoms with Crippen molar-refractivity contribution in [3.8, 4) is 0 Å². The maximum atomic E-state index is 8.27. The Labute approximate surface area is 72.5 Å². The Morgan fingerprint density at radius 3 is 2.25 bits per heavy atom. The summed E-state index contributed by atoms with van der Waals surface area (Å²) in [5.41, 5.74) is 2.21. The number of rotatable bonds is 2. The molecular formula is C10H13NO. The van der Waals surface area contributed by atoms with E-state index in [1.165, 1.54) is 11.8 Å². The van der Waals surface area contributed by atoms with Crippen LogP contribution in [0.5, 0.6) is 0 Å². The third-order valence-electron chi connectivity index (χ3n) is 1.81. The summed E-state index contributed by atoms with van der Waals surface area (Å²) in [4.78, 5) is 0. The van der Waals surface area contributed by atoms with Crippen LogP contribution in [0.25, 0.3) is 0 Å². The molecule has 0 fully saturated rings. The predicted octanol–water partition coefficient (Wildman–Crippen LogP) is 2.62. The normalized spacial score (nSPS) is 11.2. The van der Waals surface area contributed by atoms with Crippen molar-refractivity contribution in [3.63, 3.8) is 0 Å². The van der Waals surface area contributed by atoms with E-state index in [9.17, 15) is 0 Å². The summed E-state index contributed by atoms with van der Waals surface area (Å²) in [5, 5.41) is 11.2. The van der Waals surface area contributed by atoms with E-state index in [0.717, 1.165) is 5.56 Å². The number of oxime groups is 1. The van der Waals surface area contributed by atoms with Crippen LogP contribution in [0.2, 0.25) is 0 Å². The van der Waals surface area contributed by atoms with Crippen LogP contribution in [0, 0.1) is 0 Å². The summed E-state index contributed by atoms with van der Waals surface area (Å²) in [6.07, 6.45) is 1.42. The molecule has 2 heteroatoms. The molecule has 0 atom stereocenters. The van der Waals surface area contributed by atoms with Crippen molar-refractivity contribution >= 4 is 6.21 Å². The monoisotopic (exact) mass is 163 g/mol. The topological polar surface area (TPSA) is 32.6 Å². The van der Waals surface area contributed by atoms with Crippen LogP contribution < -0.4 is 0 Å². The summed E-state index contributed by atoms with van der Waals surface area (Å²) in [7, 11) is 0. The molecule has 0 amide bonds. The van der Waals surface area contributed by atoms with Gasteiger partial charge in [-0.25, -0.2) is 0 Å². The number of hydrogen-bond acceptors (Lipinski definition) is 2. The molecule has 0 spiro atoms. The first-order chi connectivity index (χ1) is 5.74. The van der Waals surface area contributed by atoms with Gasteiger partial charge in [0.05, 0.1) is 6.21 Å². The zero-order valence-electron chi connectivity index (χ0n) is 7.36. The minimum atomic E-state index is 0.546. The molecule has 0 aliphatic rings. The first kappa shape index (κ1) is 8.78. The zero-order chi connectivity index (χ0) is 8.97. The average molecular weight is 163 g/mol. The van der Waals surface area contributed by atoms with Crippen molar-refractivity contribution in [1.29, 1.82) is 0 Å². The van der Waals surface area contributed by atoms with E-state index in [1.807, 2.05) is 24.3 Å². The van der Waals surface area contributed by atoms with E-state index in [4.69, 9.17) is 5.21 Å². The minimum absolute atomic E-state index is 0.546. The quantitative estimate of drug-likeness (QED) is 0.405. The van der Waals surface area contributed by atoms with Gasteiger partial charge in [-0.15, -0.1) is 0 Å². The lowest BCUT2D eigenvalue weighted by Gasteiger charge is -2.03. The fourth-order valence-corrected chi connectivity index (χ4v) is 1.03. The molecule has 1 rings (SSSR count). The summed E-state index contributed by atoms with van der Waals surface area (Å²) in [5.74, 6) is 0.546. The van der Waals surface area contributed by atoms with E-state index in [0.29, 0.717) is 5.92 Å². The second kappa shape index (κ2) is 3.90. The van der Waals surface area contributed by atoms with E-state index in [-0.39, 0.29) is 0 Å². The highest BCUT2D eigenvalue weighted by Crippen LogP contribution is 2.13. The molecule has 0 aromatic heterocycles. The van der Waals surface area contributed by atoms with Gasteiger partial charge in [0.15, 0.2) is 0 Å². The van der Waals surface area contributed by atoms with Crippen LogP contribution in [0.3, 0.4) is 0 Å². The third kappa shape index (κ3) is 2.09. The molecule has 0 bridgehead atoms. The second-order valence-corrected chi connectivity index (χ2v) is 3.07. The predicted molar refractivity (Wildman–Crippen MR) is 49.9 cm³/mol. The fraction of sp³-hybridized carbons (Fsp3) is 0.300. The van der Waals surface area contributed by atoms with Gasteiger partial charge in [0, 0.05) is 0 Å².